The Morgan fingerprint density at radius 3 is 2.76 bits per heavy atom. The lowest BCUT2D eigenvalue weighted by molar-refractivity contribution is -0.140. The van der Waals surface area contributed by atoms with Gasteiger partial charge in [-0.1, -0.05) is 30.3 Å². The molecule has 2 atom stereocenters. The van der Waals surface area contributed by atoms with Gasteiger partial charge >= 0.3 is 11.7 Å². The van der Waals surface area contributed by atoms with Gasteiger partial charge in [0.25, 0.3) is 0 Å². The van der Waals surface area contributed by atoms with E-state index in [1.165, 1.54) is 5.56 Å². The summed E-state index contributed by atoms with van der Waals surface area (Å²) in [5.74, 6) is -0.258. The highest BCUT2D eigenvalue weighted by Gasteiger charge is 2.50. The van der Waals surface area contributed by atoms with Gasteiger partial charge in [0.15, 0.2) is 0 Å². The molecular weight excluding hydrogens is 216 g/mol. The first-order chi connectivity index (χ1) is 8.27. The summed E-state index contributed by atoms with van der Waals surface area (Å²) < 4.78 is 4.85. The van der Waals surface area contributed by atoms with Crippen LogP contribution in [0.1, 0.15) is 24.8 Å². The fraction of sp³-hybridized carbons (Fsp3) is 0.385. The molecule has 4 heteroatoms. The molecule has 0 bridgehead atoms. The summed E-state index contributed by atoms with van der Waals surface area (Å²) in [5, 5.41) is 0. The van der Waals surface area contributed by atoms with Gasteiger partial charge in [-0.15, -0.1) is 0 Å². The van der Waals surface area contributed by atoms with Gasteiger partial charge in [0, 0.05) is 0 Å². The number of carbonyl (C=O) groups excluding carboxylic acids is 1. The molecule has 0 amide bonds. The molecule has 2 rings (SSSR count). The fourth-order valence-corrected chi connectivity index (χ4v) is 2.04. The maximum Gasteiger partial charge on any atom is 0.417 e. The number of rotatable bonds is 4. The third kappa shape index (κ3) is 2.43. The monoisotopic (exact) mass is 230 g/mol. The minimum Gasteiger partial charge on any atom is -0.457 e. The Balaban J connectivity index is 2.07. The lowest BCUT2D eigenvalue weighted by Crippen LogP contribution is -2.21. The SMILES string of the molecule is CCOC(=O)C(=[N+]=[N-])[C@@H]1C[C@H]1c1ccccc1. The van der Waals surface area contributed by atoms with Gasteiger partial charge in [0.2, 0.25) is 0 Å². The summed E-state index contributed by atoms with van der Waals surface area (Å²) >= 11 is 0. The number of ether oxygens (including phenoxy) is 1. The van der Waals surface area contributed by atoms with Crippen molar-refractivity contribution < 1.29 is 14.3 Å². The summed E-state index contributed by atoms with van der Waals surface area (Å²) in [6.45, 7) is 2.02. The smallest absolute Gasteiger partial charge is 0.417 e. The Bertz CT molecular complexity index is 464. The van der Waals surface area contributed by atoms with Crippen molar-refractivity contribution in [3.05, 3.63) is 41.4 Å². The number of esters is 1. The van der Waals surface area contributed by atoms with Crippen molar-refractivity contribution in [2.45, 2.75) is 19.3 Å². The Labute approximate surface area is 99.8 Å². The van der Waals surface area contributed by atoms with Crippen LogP contribution in [-0.2, 0) is 9.53 Å². The molecule has 88 valence electrons. The lowest BCUT2D eigenvalue weighted by atomic mass is 10.1. The highest BCUT2D eigenvalue weighted by atomic mass is 16.5. The van der Waals surface area contributed by atoms with Crippen LogP contribution >= 0.6 is 0 Å². The van der Waals surface area contributed by atoms with Gasteiger partial charge in [0.05, 0.1) is 12.5 Å². The summed E-state index contributed by atoms with van der Waals surface area (Å²) in [6.07, 6.45) is 0.836. The molecule has 0 unspecified atom stereocenters. The lowest BCUT2D eigenvalue weighted by Gasteiger charge is -1.98. The maximum atomic E-state index is 11.5. The zero-order valence-corrected chi connectivity index (χ0v) is 9.67. The van der Waals surface area contributed by atoms with Crippen molar-refractivity contribution in [1.82, 2.24) is 0 Å². The largest absolute Gasteiger partial charge is 0.457 e. The predicted molar refractivity (Wildman–Crippen MR) is 62.5 cm³/mol. The Kier molecular flexibility index (Phi) is 3.35. The van der Waals surface area contributed by atoms with Crippen LogP contribution < -0.4 is 0 Å². The molecule has 1 aromatic rings. The predicted octanol–water partition coefficient (Wildman–Crippen LogP) is 2.02. The number of hydrogen-bond donors (Lipinski definition) is 0. The van der Waals surface area contributed by atoms with Crippen molar-refractivity contribution in [1.29, 1.82) is 0 Å². The highest BCUT2D eigenvalue weighted by molar-refractivity contribution is 6.35. The van der Waals surface area contributed by atoms with Gasteiger partial charge in [-0.05, 0) is 24.8 Å². The van der Waals surface area contributed by atoms with E-state index >= 15 is 0 Å². The van der Waals surface area contributed by atoms with E-state index in [0.717, 1.165) is 6.42 Å². The van der Waals surface area contributed by atoms with Crippen LogP contribution in [0.2, 0.25) is 0 Å². The molecule has 0 N–H and O–H groups in total. The van der Waals surface area contributed by atoms with Crippen molar-refractivity contribution in [3.8, 4) is 0 Å². The van der Waals surface area contributed by atoms with Crippen molar-refractivity contribution >= 4 is 11.7 Å². The van der Waals surface area contributed by atoms with Crippen LogP contribution in [0, 0.1) is 5.92 Å². The minimum atomic E-state index is -0.515. The molecule has 0 heterocycles. The molecule has 1 aliphatic rings. The van der Waals surface area contributed by atoms with Gasteiger partial charge in [-0.25, -0.2) is 4.79 Å². The second kappa shape index (κ2) is 4.93. The van der Waals surface area contributed by atoms with Crippen LogP contribution in [0.25, 0.3) is 5.53 Å². The molecule has 0 aliphatic heterocycles. The summed E-state index contributed by atoms with van der Waals surface area (Å²) in [7, 11) is 0. The zero-order chi connectivity index (χ0) is 12.3. The number of hydrogen-bond acceptors (Lipinski definition) is 2. The number of carbonyl (C=O) groups is 1. The van der Waals surface area contributed by atoms with E-state index in [1.54, 1.807) is 6.92 Å². The van der Waals surface area contributed by atoms with Crippen molar-refractivity contribution in [2.75, 3.05) is 6.61 Å². The molecule has 0 spiro atoms. The molecule has 1 saturated carbocycles. The average Bonchev–Trinajstić information content (AvgIpc) is 3.12. The summed E-state index contributed by atoms with van der Waals surface area (Å²) in [6, 6.07) is 9.92. The molecule has 17 heavy (non-hydrogen) atoms. The highest BCUT2D eigenvalue weighted by Crippen LogP contribution is 2.48. The second-order valence-electron chi connectivity index (χ2n) is 4.07. The molecular formula is C13H14N2O2. The van der Waals surface area contributed by atoms with Crippen LogP contribution in [0.4, 0.5) is 0 Å². The first-order valence-electron chi connectivity index (χ1n) is 5.72. The van der Waals surface area contributed by atoms with Crippen LogP contribution in [0.3, 0.4) is 0 Å². The average molecular weight is 230 g/mol. The minimum absolute atomic E-state index is 0.0125. The van der Waals surface area contributed by atoms with Gasteiger partial charge in [0.1, 0.15) is 0 Å². The topological polar surface area (TPSA) is 62.7 Å². The van der Waals surface area contributed by atoms with Gasteiger partial charge in [-0.3, -0.25) is 0 Å². The zero-order valence-electron chi connectivity index (χ0n) is 9.67. The molecule has 0 aromatic heterocycles. The van der Waals surface area contributed by atoms with Crippen molar-refractivity contribution in [3.63, 3.8) is 0 Å². The molecule has 1 fully saturated rings. The van der Waals surface area contributed by atoms with E-state index in [-0.39, 0.29) is 17.5 Å². The maximum absolute atomic E-state index is 11.5. The summed E-state index contributed by atoms with van der Waals surface area (Å²) in [4.78, 5) is 14.6. The molecule has 0 radical (unpaired) electrons. The van der Waals surface area contributed by atoms with Gasteiger partial charge in [-0.2, -0.15) is 4.79 Å². The van der Waals surface area contributed by atoms with E-state index in [0.29, 0.717) is 6.61 Å². The first-order valence-corrected chi connectivity index (χ1v) is 5.72. The van der Waals surface area contributed by atoms with E-state index in [2.05, 4.69) is 4.79 Å². The molecule has 4 nitrogen and oxygen atoms in total. The molecule has 1 aromatic carbocycles. The Morgan fingerprint density at radius 1 is 1.47 bits per heavy atom. The Morgan fingerprint density at radius 2 is 2.18 bits per heavy atom. The number of benzene rings is 1. The Hall–Kier alpha value is -1.93. The standard InChI is InChI=1S/C13H14N2O2/c1-2-17-13(16)12(15-14)11-8-10(11)9-6-4-3-5-7-9/h3-7,10-11H,2,8H2,1H3/t10-,11+/m0/s1. The van der Waals surface area contributed by atoms with E-state index in [4.69, 9.17) is 10.3 Å². The third-order valence-electron chi connectivity index (χ3n) is 2.96. The first kappa shape index (κ1) is 11.6. The van der Waals surface area contributed by atoms with Crippen LogP contribution in [-0.4, -0.2) is 23.1 Å². The molecule has 0 saturated heterocycles. The van der Waals surface area contributed by atoms with Gasteiger partial charge < -0.3 is 10.3 Å². The van der Waals surface area contributed by atoms with Crippen LogP contribution in [0.15, 0.2) is 30.3 Å². The quantitative estimate of drug-likeness (QED) is 0.344. The summed E-state index contributed by atoms with van der Waals surface area (Å²) in [5.41, 5.74) is 10.2. The van der Waals surface area contributed by atoms with Crippen LogP contribution in [0.5, 0.6) is 0 Å². The van der Waals surface area contributed by atoms with E-state index < -0.39 is 5.97 Å². The normalized spacial score (nSPS) is 21.5. The molecule has 1 aliphatic carbocycles. The van der Waals surface area contributed by atoms with E-state index in [9.17, 15) is 4.79 Å². The second-order valence-corrected chi connectivity index (χ2v) is 4.07. The van der Waals surface area contributed by atoms with E-state index in [1.807, 2.05) is 30.3 Å². The third-order valence-corrected chi connectivity index (χ3v) is 2.96. The number of nitrogens with zero attached hydrogens (tertiary/aromatic N) is 2. The fourth-order valence-electron chi connectivity index (χ4n) is 2.04. The van der Waals surface area contributed by atoms with Crippen molar-refractivity contribution in [2.24, 2.45) is 5.92 Å².